The van der Waals surface area contributed by atoms with E-state index in [0.29, 0.717) is 6.29 Å². The largest absolute Gasteiger partial charge is 0.311 e. The molecule has 1 aromatic carbocycles. The molecule has 0 bridgehead atoms. The van der Waals surface area contributed by atoms with Gasteiger partial charge in [-0.25, -0.2) is 0 Å². The first kappa shape index (κ1) is 11.1. The van der Waals surface area contributed by atoms with Crippen LogP contribution in [0.1, 0.15) is 15.9 Å². The summed E-state index contributed by atoms with van der Waals surface area (Å²) < 4.78 is 2.43. The summed E-state index contributed by atoms with van der Waals surface area (Å²) in [5.41, 5.74) is 1.54. The molecule has 0 spiro atoms. The van der Waals surface area contributed by atoms with E-state index in [1.165, 1.54) is 4.57 Å². The Labute approximate surface area is 101 Å². The second-order valence-electron chi connectivity index (χ2n) is 3.68. The SMILES string of the molecule is Cc1c(C=O)c(=O)n(C)c2ccc(Br)cc12. The summed E-state index contributed by atoms with van der Waals surface area (Å²) >= 11 is 3.38. The number of aromatic nitrogens is 1. The lowest BCUT2D eigenvalue weighted by Gasteiger charge is -2.09. The molecule has 1 aromatic heterocycles. The Morgan fingerprint density at radius 3 is 2.69 bits per heavy atom. The molecule has 0 aliphatic heterocycles. The van der Waals surface area contributed by atoms with Crippen molar-refractivity contribution >= 4 is 33.1 Å². The van der Waals surface area contributed by atoms with Gasteiger partial charge in [-0.2, -0.15) is 0 Å². The van der Waals surface area contributed by atoms with Crippen molar-refractivity contribution in [3.05, 3.63) is 44.2 Å². The zero-order chi connectivity index (χ0) is 11.9. The van der Waals surface area contributed by atoms with Gasteiger partial charge in [-0.15, -0.1) is 0 Å². The highest BCUT2D eigenvalue weighted by atomic mass is 79.9. The van der Waals surface area contributed by atoms with Crippen molar-refractivity contribution in [3.8, 4) is 0 Å². The molecule has 0 unspecified atom stereocenters. The quantitative estimate of drug-likeness (QED) is 0.752. The van der Waals surface area contributed by atoms with Crippen molar-refractivity contribution in [1.82, 2.24) is 4.57 Å². The molecule has 4 heteroatoms. The van der Waals surface area contributed by atoms with Crippen LogP contribution < -0.4 is 5.56 Å². The van der Waals surface area contributed by atoms with Gasteiger partial charge in [0.1, 0.15) is 0 Å². The van der Waals surface area contributed by atoms with E-state index in [2.05, 4.69) is 15.9 Å². The van der Waals surface area contributed by atoms with Crippen LogP contribution in [-0.4, -0.2) is 10.9 Å². The van der Waals surface area contributed by atoms with E-state index in [9.17, 15) is 9.59 Å². The number of fused-ring (bicyclic) bond motifs is 1. The fraction of sp³-hybridized carbons (Fsp3) is 0.167. The fourth-order valence-corrected chi connectivity index (χ4v) is 2.20. The molecule has 16 heavy (non-hydrogen) atoms. The zero-order valence-corrected chi connectivity index (χ0v) is 10.5. The predicted octanol–water partition coefficient (Wildman–Crippen LogP) is 2.42. The minimum atomic E-state index is -0.248. The highest BCUT2D eigenvalue weighted by Gasteiger charge is 2.11. The topological polar surface area (TPSA) is 39.1 Å². The maximum Gasteiger partial charge on any atom is 0.261 e. The van der Waals surface area contributed by atoms with Crippen molar-refractivity contribution in [3.63, 3.8) is 0 Å². The molecule has 0 atom stereocenters. The Hall–Kier alpha value is -1.42. The molecule has 0 aliphatic carbocycles. The van der Waals surface area contributed by atoms with E-state index in [4.69, 9.17) is 0 Å². The zero-order valence-electron chi connectivity index (χ0n) is 8.95. The smallest absolute Gasteiger partial charge is 0.261 e. The van der Waals surface area contributed by atoms with E-state index in [1.807, 2.05) is 18.2 Å². The summed E-state index contributed by atoms with van der Waals surface area (Å²) in [7, 11) is 1.67. The van der Waals surface area contributed by atoms with Gasteiger partial charge in [0.25, 0.3) is 5.56 Å². The maximum atomic E-state index is 11.8. The number of carbonyl (C=O) groups excluding carboxylic acids is 1. The van der Waals surface area contributed by atoms with Crippen molar-refractivity contribution < 1.29 is 4.79 Å². The van der Waals surface area contributed by atoms with Crippen LogP contribution in [0.15, 0.2) is 27.5 Å². The first-order valence-corrected chi connectivity index (χ1v) is 5.59. The van der Waals surface area contributed by atoms with Crippen LogP contribution in [-0.2, 0) is 7.05 Å². The molecule has 3 nitrogen and oxygen atoms in total. The maximum absolute atomic E-state index is 11.8. The number of aryl methyl sites for hydroxylation is 2. The number of hydrogen-bond acceptors (Lipinski definition) is 2. The van der Waals surface area contributed by atoms with Gasteiger partial charge in [0.15, 0.2) is 6.29 Å². The minimum absolute atomic E-state index is 0.230. The van der Waals surface area contributed by atoms with Crippen LogP contribution >= 0.6 is 15.9 Å². The third kappa shape index (κ3) is 1.50. The van der Waals surface area contributed by atoms with Crippen LogP contribution in [0, 0.1) is 6.92 Å². The van der Waals surface area contributed by atoms with E-state index < -0.39 is 0 Å². The van der Waals surface area contributed by atoms with Gasteiger partial charge in [-0.3, -0.25) is 9.59 Å². The van der Waals surface area contributed by atoms with Gasteiger partial charge in [-0.1, -0.05) is 15.9 Å². The number of pyridine rings is 1. The highest BCUT2D eigenvalue weighted by Crippen LogP contribution is 2.22. The second kappa shape index (κ2) is 3.87. The van der Waals surface area contributed by atoms with Crippen molar-refractivity contribution in [2.75, 3.05) is 0 Å². The molecule has 1 heterocycles. The monoisotopic (exact) mass is 279 g/mol. The first-order chi connectivity index (χ1) is 7.56. The van der Waals surface area contributed by atoms with Crippen molar-refractivity contribution in [2.45, 2.75) is 6.92 Å². The highest BCUT2D eigenvalue weighted by molar-refractivity contribution is 9.10. The molecule has 0 N–H and O–H groups in total. The molecule has 2 rings (SSSR count). The number of benzene rings is 1. The molecular weight excluding hydrogens is 270 g/mol. The molecule has 0 saturated carbocycles. The van der Waals surface area contributed by atoms with Crippen LogP contribution in [0.3, 0.4) is 0 Å². The normalized spacial score (nSPS) is 10.7. The lowest BCUT2D eigenvalue weighted by molar-refractivity contribution is 0.112. The lowest BCUT2D eigenvalue weighted by Crippen LogP contribution is -2.22. The molecule has 0 fully saturated rings. The molecule has 0 amide bonds. The number of halogens is 1. The third-order valence-corrected chi connectivity index (χ3v) is 3.27. The summed E-state index contributed by atoms with van der Waals surface area (Å²) in [5, 5.41) is 0.915. The number of hydrogen-bond donors (Lipinski definition) is 0. The van der Waals surface area contributed by atoms with Gasteiger partial charge in [-0.05, 0) is 30.7 Å². The lowest BCUT2D eigenvalue weighted by atomic mass is 10.1. The van der Waals surface area contributed by atoms with Gasteiger partial charge >= 0.3 is 0 Å². The minimum Gasteiger partial charge on any atom is -0.311 e. The van der Waals surface area contributed by atoms with E-state index in [1.54, 1.807) is 14.0 Å². The summed E-state index contributed by atoms with van der Waals surface area (Å²) in [4.78, 5) is 22.7. The van der Waals surface area contributed by atoms with Gasteiger partial charge < -0.3 is 4.57 Å². The summed E-state index contributed by atoms with van der Waals surface area (Å²) in [5.74, 6) is 0. The Bertz CT molecular complexity index is 643. The standard InChI is InChI=1S/C12H10BrNO2/c1-7-9-5-8(13)3-4-11(9)14(2)12(16)10(7)6-15/h3-6H,1-2H3. The number of aldehydes is 1. The van der Waals surface area contributed by atoms with Crippen molar-refractivity contribution in [1.29, 1.82) is 0 Å². The second-order valence-corrected chi connectivity index (χ2v) is 4.60. The Kier molecular flexibility index (Phi) is 2.68. The molecule has 2 aromatic rings. The van der Waals surface area contributed by atoms with Crippen LogP contribution in [0.25, 0.3) is 10.9 Å². The summed E-state index contributed by atoms with van der Waals surface area (Å²) in [6, 6.07) is 5.65. The Morgan fingerprint density at radius 1 is 1.38 bits per heavy atom. The number of carbonyl (C=O) groups is 1. The van der Waals surface area contributed by atoms with Crippen molar-refractivity contribution in [2.24, 2.45) is 7.05 Å². The van der Waals surface area contributed by atoms with E-state index in [0.717, 1.165) is 20.9 Å². The van der Waals surface area contributed by atoms with E-state index >= 15 is 0 Å². The van der Waals surface area contributed by atoms with Gasteiger partial charge in [0.05, 0.1) is 11.1 Å². The number of nitrogens with zero attached hydrogens (tertiary/aromatic N) is 1. The first-order valence-electron chi connectivity index (χ1n) is 4.80. The molecular formula is C12H10BrNO2. The molecule has 0 aliphatic rings. The van der Waals surface area contributed by atoms with Gasteiger partial charge in [0.2, 0.25) is 0 Å². The van der Waals surface area contributed by atoms with Crippen LogP contribution in [0.5, 0.6) is 0 Å². The van der Waals surface area contributed by atoms with Crippen LogP contribution in [0.2, 0.25) is 0 Å². The molecule has 0 radical (unpaired) electrons. The number of rotatable bonds is 1. The predicted molar refractivity (Wildman–Crippen MR) is 67.0 cm³/mol. The summed E-state index contributed by atoms with van der Waals surface area (Å²) in [6.07, 6.45) is 0.623. The Morgan fingerprint density at radius 2 is 2.06 bits per heavy atom. The fourth-order valence-electron chi connectivity index (χ4n) is 1.84. The summed E-state index contributed by atoms with van der Waals surface area (Å²) in [6.45, 7) is 1.79. The Balaban J connectivity index is 3.08. The average molecular weight is 280 g/mol. The van der Waals surface area contributed by atoms with Crippen LogP contribution in [0.4, 0.5) is 0 Å². The third-order valence-electron chi connectivity index (χ3n) is 2.78. The van der Waals surface area contributed by atoms with E-state index in [-0.39, 0.29) is 11.1 Å². The molecule has 0 saturated heterocycles. The molecule has 82 valence electrons. The van der Waals surface area contributed by atoms with Gasteiger partial charge in [0, 0.05) is 16.9 Å². The average Bonchev–Trinajstić information content (AvgIpc) is 2.27.